The molecule has 0 aliphatic carbocycles. The summed E-state index contributed by atoms with van der Waals surface area (Å²) in [5.41, 5.74) is -5.69. The fraction of sp³-hybridized carbons (Fsp3) is 0.321. The van der Waals surface area contributed by atoms with Gasteiger partial charge in [0.2, 0.25) is 0 Å². The number of benzene rings is 2. The maximum absolute atomic E-state index is 13.8. The summed E-state index contributed by atoms with van der Waals surface area (Å²) < 4.78 is 76.1. The van der Waals surface area contributed by atoms with Crippen molar-refractivity contribution in [3.05, 3.63) is 95.4 Å². The van der Waals surface area contributed by atoms with Gasteiger partial charge in [-0.1, -0.05) is 60.7 Å². The quantitative estimate of drug-likeness (QED) is 0.143. The van der Waals surface area contributed by atoms with E-state index in [9.17, 15) is 36.0 Å². The minimum absolute atomic E-state index is 0.0347. The SMILES string of the molecule is CC(C)(C)OC(=O)N[C@@H]1C(=O)N2C(C(=O)OC(c3ccccc3)c3ccccc3)=C(/C=C/OS(=O)(=O)C(F)(F)F)CS[C@H]12. The van der Waals surface area contributed by atoms with Gasteiger partial charge in [0.1, 0.15) is 29.0 Å². The van der Waals surface area contributed by atoms with E-state index in [2.05, 4.69) is 9.50 Å². The van der Waals surface area contributed by atoms with Gasteiger partial charge < -0.3 is 19.0 Å². The smallest absolute Gasteiger partial charge is 0.448 e. The van der Waals surface area contributed by atoms with Gasteiger partial charge in [-0.3, -0.25) is 9.69 Å². The van der Waals surface area contributed by atoms with E-state index in [0.717, 1.165) is 22.7 Å². The minimum Gasteiger partial charge on any atom is -0.448 e. The Morgan fingerprint density at radius 2 is 1.58 bits per heavy atom. The number of amides is 2. The van der Waals surface area contributed by atoms with Crippen molar-refractivity contribution in [2.75, 3.05) is 5.75 Å². The molecule has 2 aliphatic heterocycles. The van der Waals surface area contributed by atoms with Gasteiger partial charge in [-0.25, -0.2) is 9.59 Å². The number of nitrogens with zero attached hydrogens (tertiary/aromatic N) is 1. The van der Waals surface area contributed by atoms with Crippen LogP contribution in [-0.4, -0.2) is 59.6 Å². The lowest BCUT2D eigenvalue weighted by Gasteiger charge is -2.49. The van der Waals surface area contributed by atoms with Crippen LogP contribution in [0.2, 0.25) is 0 Å². The first kappa shape index (κ1) is 31.9. The van der Waals surface area contributed by atoms with Gasteiger partial charge in [-0.05, 0) is 43.5 Å². The van der Waals surface area contributed by atoms with E-state index in [4.69, 9.17) is 9.47 Å². The van der Waals surface area contributed by atoms with Crippen LogP contribution in [0.5, 0.6) is 0 Å². The van der Waals surface area contributed by atoms with Gasteiger partial charge in [0.05, 0.1) is 0 Å². The molecule has 2 atom stereocenters. The van der Waals surface area contributed by atoms with Crippen LogP contribution in [0.3, 0.4) is 0 Å². The predicted molar refractivity (Wildman–Crippen MR) is 149 cm³/mol. The van der Waals surface area contributed by atoms with Crippen molar-refractivity contribution in [2.24, 2.45) is 0 Å². The first-order valence-corrected chi connectivity index (χ1v) is 15.2. The van der Waals surface area contributed by atoms with E-state index in [1.54, 1.807) is 81.4 Å². The molecule has 0 bridgehead atoms. The molecule has 1 N–H and O–H groups in total. The maximum Gasteiger partial charge on any atom is 0.534 e. The first-order valence-electron chi connectivity index (χ1n) is 12.7. The van der Waals surface area contributed by atoms with Gasteiger partial charge in [0, 0.05) is 5.75 Å². The lowest BCUT2D eigenvalue weighted by Crippen LogP contribution is -2.70. The molecule has 0 aromatic heterocycles. The zero-order chi connectivity index (χ0) is 31.6. The number of hydrogen-bond acceptors (Lipinski definition) is 9. The number of carbonyl (C=O) groups is 3. The summed E-state index contributed by atoms with van der Waals surface area (Å²) in [6.07, 6.45) is -0.664. The van der Waals surface area contributed by atoms with E-state index < -0.39 is 56.7 Å². The molecule has 43 heavy (non-hydrogen) atoms. The van der Waals surface area contributed by atoms with Crippen molar-refractivity contribution in [3.63, 3.8) is 0 Å². The fourth-order valence-corrected chi connectivity index (χ4v) is 5.81. The van der Waals surface area contributed by atoms with Gasteiger partial charge in [-0.15, -0.1) is 11.8 Å². The molecule has 2 amide bonds. The molecule has 1 saturated heterocycles. The number of allylic oxidation sites excluding steroid dienone is 1. The number of hydrogen-bond donors (Lipinski definition) is 1. The number of alkyl halides is 3. The number of alkyl carbamates (subject to hydrolysis) is 1. The summed E-state index contributed by atoms with van der Waals surface area (Å²) in [4.78, 5) is 40.4. The molecule has 15 heteroatoms. The van der Waals surface area contributed by atoms with Crippen LogP contribution in [0, 0.1) is 0 Å². The summed E-state index contributed by atoms with van der Waals surface area (Å²) in [6.45, 7) is 4.93. The molecule has 2 aromatic rings. The molecular weight excluding hydrogens is 613 g/mol. The zero-order valence-electron chi connectivity index (χ0n) is 23.0. The normalized spacial score (nSPS) is 19.1. The van der Waals surface area contributed by atoms with E-state index in [1.807, 2.05) is 0 Å². The number of halogens is 3. The molecule has 4 rings (SSSR count). The van der Waals surface area contributed by atoms with Crippen LogP contribution in [0.25, 0.3) is 0 Å². The molecular formula is C28H27F3N2O8S2. The van der Waals surface area contributed by atoms with E-state index in [-0.39, 0.29) is 23.3 Å². The summed E-state index contributed by atoms with van der Waals surface area (Å²) in [5, 5.41) is 1.69. The average molecular weight is 641 g/mol. The van der Waals surface area contributed by atoms with Crippen LogP contribution in [-0.2, 0) is 33.4 Å². The molecule has 0 saturated carbocycles. The number of carbonyl (C=O) groups excluding carboxylic acids is 3. The van der Waals surface area contributed by atoms with E-state index in [1.165, 1.54) is 0 Å². The summed E-state index contributed by atoms with van der Waals surface area (Å²) in [6, 6.07) is 16.3. The number of nitrogens with one attached hydrogen (secondary N) is 1. The molecule has 2 heterocycles. The Morgan fingerprint density at radius 1 is 1.02 bits per heavy atom. The number of thioether (sulfide) groups is 1. The van der Waals surface area contributed by atoms with Crippen molar-refractivity contribution in [1.82, 2.24) is 10.2 Å². The predicted octanol–water partition coefficient (Wildman–Crippen LogP) is 4.76. The monoisotopic (exact) mass is 640 g/mol. The second kappa shape index (κ2) is 12.3. The van der Waals surface area contributed by atoms with Crippen molar-refractivity contribution in [2.45, 2.75) is 49.4 Å². The number of ether oxygens (including phenoxy) is 2. The molecule has 1 fully saturated rings. The van der Waals surface area contributed by atoms with Crippen molar-refractivity contribution in [3.8, 4) is 0 Å². The molecule has 230 valence electrons. The Labute approximate surface area is 250 Å². The van der Waals surface area contributed by atoms with Crippen LogP contribution in [0.4, 0.5) is 18.0 Å². The van der Waals surface area contributed by atoms with E-state index in [0.29, 0.717) is 11.1 Å². The van der Waals surface area contributed by atoms with Gasteiger partial charge in [0.25, 0.3) is 5.91 Å². The zero-order valence-corrected chi connectivity index (χ0v) is 24.7. The van der Waals surface area contributed by atoms with Crippen molar-refractivity contribution < 1.29 is 49.6 Å². The Morgan fingerprint density at radius 3 is 2.09 bits per heavy atom. The number of rotatable bonds is 8. The molecule has 0 spiro atoms. The van der Waals surface area contributed by atoms with Crippen molar-refractivity contribution in [1.29, 1.82) is 0 Å². The standard InChI is InChI=1S/C28H27F3N2O8S2/c1-27(2,3)41-26(36)32-20-23(34)33-21(19(16-42-24(20)33)14-15-39-43(37,38)28(29,30)31)25(35)40-22(17-10-6-4-7-11-17)18-12-8-5-9-13-18/h4-15,20,22,24H,16H2,1-3H3,(H,32,36)/b15-14+/t20-,24-/m1/s1. The second-order valence-corrected chi connectivity index (χ2v) is 13.0. The molecule has 2 aliphatic rings. The van der Waals surface area contributed by atoms with Gasteiger partial charge in [-0.2, -0.15) is 21.6 Å². The first-order chi connectivity index (χ1) is 20.1. The van der Waals surface area contributed by atoms with Crippen LogP contribution >= 0.6 is 11.8 Å². The number of esters is 1. The van der Waals surface area contributed by atoms with Gasteiger partial charge in [0.15, 0.2) is 6.10 Å². The molecule has 2 aromatic carbocycles. The number of fused-ring (bicyclic) bond motifs is 1. The average Bonchev–Trinajstić information content (AvgIpc) is 2.93. The molecule has 10 nitrogen and oxygen atoms in total. The highest BCUT2D eigenvalue weighted by Crippen LogP contribution is 2.42. The fourth-order valence-electron chi connectivity index (χ4n) is 4.18. The summed E-state index contributed by atoms with van der Waals surface area (Å²) in [5.74, 6) is -1.79. The molecule has 0 radical (unpaired) electrons. The number of β-lactam (4-membered cyclic amide) rings is 1. The third-order valence-corrected chi connectivity index (χ3v) is 8.26. The Bertz CT molecular complexity index is 1500. The maximum atomic E-state index is 13.8. The third kappa shape index (κ3) is 7.33. The Balaban J connectivity index is 1.68. The lowest BCUT2D eigenvalue weighted by molar-refractivity contribution is -0.153. The van der Waals surface area contributed by atoms with Crippen LogP contribution in [0.15, 0.2) is 84.3 Å². The third-order valence-electron chi connectivity index (χ3n) is 6.03. The summed E-state index contributed by atoms with van der Waals surface area (Å²) >= 11 is 1.08. The van der Waals surface area contributed by atoms with Crippen LogP contribution in [0.1, 0.15) is 38.0 Å². The Kier molecular flexibility index (Phi) is 9.16. The Hall–Kier alpha value is -3.98. The largest absolute Gasteiger partial charge is 0.534 e. The van der Waals surface area contributed by atoms with Gasteiger partial charge >= 0.3 is 27.7 Å². The minimum atomic E-state index is -5.96. The van der Waals surface area contributed by atoms with Crippen molar-refractivity contribution >= 4 is 39.8 Å². The topological polar surface area (TPSA) is 128 Å². The summed E-state index contributed by atoms with van der Waals surface area (Å²) in [7, 11) is -5.96. The molecule has 0 unspecified atom stereocenters. The highest BCUT2D eigenvalue weighted by molar-refractivity contribution is 8.00. The highest BCUT2D eigenvalue weighted by atomic mass is 32.2. The lowest BCUT2D eigenvalue weighted by atomic mass is 10.0. The van der Waals surface area contributed by atoms with Crippen LogP contribution < -0.4 is 5.32 Å². The highest BCUT2D eigenvalue weighted by Gasteiger charge is 2.55. The second-order valence-electron chi connectivity index (χ2n) is 10.3. The van der Waals surface area contributed by atoms with E-state index >= 15 is 0 Å².